The number of anilines is 1. The molecular formula is C26H34N2O4. The third-order valence-corrected chi connectivity index (χ3v) is 6.49. The molecule has 2 aromatic carbocycles. The van der Waals surface area contributed by atoms with Gasteiger partial charge in [-0.15, -0.1) is 0 Å². The van der Waals surface area contributed by atoms with Crippen molar-refractivity contribution in [2.75, 3.05) is 58.0 Å². The Morgan fingerprint density at radius 2 is 1.62 bits per heavy atom. The number of aryl methyl sites for hydroxylation is 1. The number of carbonyl (C=O) groups is 1. The number of nitrogens with one attached hydrogen (secondary N) is 1. The normalized spacial score (nSPS) is 18.8. The van der Waals surface area contributed by atoms with Crippen molar-refractivity contribution in [3.8, 4) is 5.75 Å². The minimum absolute atomic E-state index is 0.0313. The number of morpholine rings is 1. The van der Waals surface area contributed by atoms with E-state index in [9.17, 15) is 4.79 Å². The molecule has 32 heavy (non-hydrogen) atoms. The van der Waals surface area contributed by atoms with Gasteiger partial charge in [0.05, 0.1) is 25.2 Å². The molecule has 1 amide bonds. The van der Waals surface area contributed by atoms with E-state index in [1.54, 1.807) is 0 Å². The van der Waals surface area contributed by atoms with Gasteiger partial charge in [-0.2, -0.15) is 0 Å². The smallest absolute Gasteiger partial charge is 0.235 e. The van der Waals surface area contributed by atoms with Crippen LogP contribution in [0.1, 0.15) is 30.4 Å². The lowest BCUT2D eigenvalue weighted by molar-refractivity contribution is -0.125. The van der Waals surface area contributed by atoms with Crippen LogP contribution in [0.3, 0.4) is 0 Å². The largest absolute Gasteiger partial charge is 0.494 e. The zero-order valence-corrected chi connectivity index (χ0v) is 19.0. The standard InChI is InChI=1S/C26H34N2O4/c1-21-3-5-22(6-4-21)26(11-17-30-18-12-26)25(29)27-23-7-9-24(10-8-23)32-16-2-13-28-14-19-31-20-15-28/h3-10H,2,11-20H2,1H3,(H,27,29). The Labute approximate surface area is 190 Å². The van der Waals surface area contributed by atoms with Crippen molar-refractivity contribution in [2.45, 2.75) is 31.6 Å². The summed E-state index contributed by atoms with van der Waals surface area (Å²) in [6.07, 6.45) is 2.36. The van der Waals surface area contributed by atoms with Gasteiger partial charge in [0.2, 0.25) is 5.91 Å². The minimum Gasteiger partial charge on any atom is -0.494 e. The van der Waals surface area contributed by atoms with Gasteiger partial charge in [-0.25, -0.2) is 0 Å². The van der Waals surface area contributed by atoms with Gasteiger partial charge < -0.3 is 19.5 Å². The molecule has 6 heteroatoms. The Kier molecular flexibility index (Phi) is 7.79. The number of carbonyl (C=O) groups excluding carboxylic acids is 1. The Morgan fingerprint density at radius 1 is 0.969 bits per heavy atom. The first-order valence-corrected chi connectivity index (χ1v) is 11.7. The lowest BCUT2D eigenvalue weighted by atomic mass is 9.73. The predicted octanol–water partition coefficient (Wildman–Crippen LogP) is 3.78. The van der Waals surface area contributed by atoms with E-state index in [1.807, 2.05) is 24.3 Å². The molecular weight excluding hydrogens is 404 g/mol. The molecule has 0 aromatic heterocycles. The second-order valence-electron chi connectivity index (χ2n) is 8.70. The Hall–Kier alpha value is -2.41. The van der Waals surface area contributed by atoms with Crippen molar-refractivity contribution in [1.82, 2.24) is 4.90 Å². The van der Waals surface area contributed by atoms with Crippen LogP contribution in [0, 0.1) is 6.92 Å². The van der Waals surface area contributed by atoms with Gasteiger partial charge in [-0.3, -0.25) is 9.69 Å². The molecule has 0 saturated carbocycles. The Bertz CT molecular complexity index is 854. The van der Waals surface area contributed by atoms with Crippen LogP contribution < -0.4 is 10.1 Å². The van der Waals surface area contributed by atoms with Gasteiger partial charge in [0.1, 0.15) is 5.75 Å². The number of amides is 1. The van der Waals surface area contributed by atoms with Gasteiger partial charge in [0.15, 0.2) is 0 Å². The summed E-state index contributed by atoms with van der Waals surface area (Å²) < 4.78 is 16.8. The van der Waals surface area contributed by atoms with Crippen molar-refractivity contribution in [3.63, 3.8) is 0 Å². The Morgan fingerprint density at radius 3 is 2.31 bits per heavy atom. The lowest BCUT2D eigenvalue weighted by Gasteiger charge is -2.36. The van der Waals surface area contributed by atoms with E-state index in [1.165, 1.54) is 5.56 Å². The van der Waals surface area contributed by atoms with Crippen LogP contribution in [0.25, 0.3) is 0 Å². The molecule has 0 spiro atoms. The zero-order valence-electron chi connectivity index (χ0n) is 19.0. The van der Waals surface area contributed by atoms with E-state index < -0.39 is 5.41 Å². The van der Waals surface area contributed by atoms with Crippen molar-refractivity contribution in [3.05, 3.63) is 59.7 Å². The number of ether oxygens (including phenoxy) is 3. The van der Waals surface area contributed by atoms with E-state index in [2.05, 4.69) is 41.4 Å². The second kappa shape index (κ2) is 10.9. The van der Waals surface area contributed by atoms with Gasteiger partial charge in [-0.1, -0.05) is 29.8 Å². The minimum atomic E-state index is -0.555. The van der Waals surface area contributed by atoms with E-state index in [-0.39, 0.29) is 5.91 Å². The third-order valence-electron chi connectivity index (χ3n) is 6.49. The topological polar surface area (TPSA) is 60.0 Å². The zero-order chi connectivity index (χ0) is 22.2. The van der Waals surface area contributed by atoms with Crippen LogP contribution in [-0.4, -0.2) is 63.5 Å². The summed E-state index contributed by atoms with van der Waals surface area (Å²) in [6, 6.07) is 16.0. The van der Waals surface area contributed by atoms with Crippen LogP contribution in [0.15, 0.2) is 48.5 Å². The van der Waals surface area contributed by atoms with Crippen LogP contribution in [0.5, 0.6) is 5.75 Å². The number of rotatable bonds is 8. The first kappa shape index (κ1) is 22.8. The summed E-state index contributed by atoms with van der Waals surface area (Å²) >= 11 is 0. The first-order chi connectivity index (χ1) is 15.7. The van der Waals surface area contributed by atoms with Crippen LogP contribution in [-0.2, 0) is 19.7 Å². The highest BCUT2D eigenvalue weighted by Gasteiger charge is 2.41. The molecule has 1 N–H and O–H groups in total. The molecule has 0 atom stereocenters. The monoisotopic (exact) mass is 438 g/mol. The fourth-order valence-electron chi connectivity index (χ4n) is 4.43. The van der Waals surface area contributed by atoms with Crippen molar-refractivity contribution in [1.29, 1.82) is 0 Å². The molecule has 4 rings (SSSR count). The van der Waals surface area contributed by atoms with Gasteiger partial charge >= 0.3 is 0 Å². The fourth-order valence-corrected chi connectivity index (χ4v) is 4.43. The molecule has 2 aliphatic rings. The summed E-state index contributed by atoms with van der Waals surface area (Å²) in [4.78, 5) is 15.8. The molecule has 172 valence electrons. The van der Waals surface area contributed by atoms with Gasteiger partial charge in [-0.05, 0) is 56.0 Å². The number of nitrogens with zero attached hydrogens (tertiary/aromatic N) is 1. The van der Waals surface area contributed by atoms with E-state index in [4.69, 9.17) is 14.2 Å². The maximum atomic E-state index is 13.4. The van der Waals surface area contributed by atoms with Crippen molar-refractivity contribution >= 4 is 11.6 Å². The average molecular weight is 439 g/mol. The SMILES string of the molecule is Cc1ccc(C2(C(=O)Nc3ccc(OCCCN4CCOCC4)cc3)CCOCC2)cc1. The maximum Gasteiger partial charge on any atom is 0.235 e. The molecule has 6 nitrogen and oxygen atoms in total. The molecule has 2 aromatic rings. The van der Waals surface area contributed by atoms with E-state index >= 15 is 0 Å². The van der Waals surface area contributed by atoms with Crippen molar-refractivity contribution in [2.24, 2.45) is 0 Å². The summed E-state index contributed by atoms with van der Waals surface area (Å²) in [5.74, 6) is 0.855. The van der Waals surface area contributed by atoms with Crippen LogP contribution in [0.4, 0.5) is 5.69 Å². The Balaban J connectivity index is 1.32. The first-order valence-electron chi connectivity index (χ1n) is 11.7. The molecule has 0 radical (unpaired) electrons. The number of hydrogen-bond acceptors (Lipinski definition) is 5. The average Bonchev–Trinajstić information content (AvgIpc) is 2.84. The summed E-state index contributed by atoms with van der Waals surface area (Å²) in [5, 5.41) is 3.13. The molecule has 2 fully saturated rings. The molecule has 2 saturated heterocycles. The quantitative estimate of drug-likeness (QED) is 0.636. The number of benzene rings is 2. The predicted molar refractivity (Wildman–Crippen MR) is 125 cm³/mol. The van der Waals surface area contributed by atoms with Gasteiger partial charge in [0.25, 0.3) is 0 Å². The second-order valence-corrected chi connectivity index (χ2v) is 8.70. The van der Waals surface area contributed by atoms with Crippen LogP contribution in [0.2, 0.25) is 0 Å². The molecule has 0 bridgehead atoms. The molecule has 2 aliphatic heterocycles. The fraction of sp³-hybridized carbons (Fsp3) is 0.500. The highest BCUT2D eigenvalue weighted by atomic mass is 16.5. The lowest BCUT2D eigenvalue weighted by Crippen LogP contribution is -2.44. The van der Waals surface area contributed by atoms with Gasteiger partial charge in [0, 0.05) is 38.5 Å². The summed E-state index contributed by atoms with van der Waals surface area (Å²) in [5.41, 5.74) is 2.48. The van der Waals surface area contributed by atoms with E-state index in [0.717, 1.165) is 56.3 Å². The third kappa shape index (κ3) is 5.68. The van der Waals surface area contributed by atoms with Crippen LogP contribution >= 0.6 is 0 Å². The summed E-state index contributed by atoms with van der Waals surface area (Å²) in [6.45, 7) is 8.62. The number of hydrogen-bond donors (Lipinski definition) is 1. The summed E-state index contributed by atoms with van der Waals surface area (Å²) in [7, 11) is 0. The van der Waals surface area contributed by atoms with Crippen molar-refractivity contribution < 1.29 is 19.0 Å². The molecule has 2 heterocycles. The van der Waals surface area contributed by atoms with E-state index in [0.29, 0.717) is 32.7 Å². The highest BCUT2D eigenvalue weighted by molar-refractivity contribution is 5.99. The molecule has 0 aliphatic carbocycles. The molecule has 0 unspecified atom stereocenters. The highest BCUT2D eigenvalue weighted by Crippen LogP contribution is 2.36. The maximum absolute atomic E-state index is 13.4.